The van der Waals surface area contributed by atoms with Gasteiger partial charge < -0.3 is 15.2 Å². The average molecular weight is 567 g/mol. The summed E-state index contributed by atoms with van der Waals surface area (Å²) in [7, 11) is 0. The highest BCUT2D eigenvalue weighted by Crippen LogP contribution is 2.37. The van der Waals surface area contributed by atoms with E-state index in [1.807, 2.05) is 18.2 Å². The summed E-state index contributed by atoms with van der Waals surface area (Å²) in [6.07, 6.45) is 0.568. The molecule has 36 heavy (non-hydrogen) atoms. The van der Waals surface area contributed by atoms with E-state index < -0.39 is 41.4 Å². The van der Waals surface area contributed by atoms with Crippen molar-refractivity contribution in [3.05, 3.63) is 69.2 Å². The number of carbonyl (C=O) groups excluding carboxylic acids is 2. The molecule has 0 saturated heterocycles. The second kappa shape index (κ2) is 11.7. The zero-order valence-electron chi connectivity index (χ0n) is 21.0. The molecule has 9 heteroatoms. The van der Waals surface area contributed by atoms with Crippen molar-refractivity contribution in [2.24, 2.45) is 0 Å². The van der Waals surface area contributed by atoms with E-state index in [0.717, 1.165) is 46.6 Å². The predicted octanol–water partition coefficient (Wildman–Crippen LogP) is 5.45. The summed E-state index contributed by atoms with van der Waals surface area (Å²) in [5.74, 6) is -1.91. The van der Waals surface area contributed by atoms with E-state index in [9.17, 15) is 23.5 Å². The largest absolute Gasteiger partial charge is 0.444 e. The minimum absolute atomic E-state index is 0.0234. The molecule has 3 atom stereocenters. The second-order valence-electron chi connectivity index (χ2n) is 10.2. The van der Waals surface area contributed by atoms with Crippen LogP contribution in [0.25, 0.3) is 0 Å². The summed E-state index contributed by atoms with van der Waals surface area (Å²) < 4.78 is 34.1. The van der Waals surface area contributed by atoms with Gasteiger partial charge in [0.25, 0.3) is 0 Å². The molecule has 3 rings (SSSR count). The summed E-state index contributed by atoms with van der Waals surface area (Å²) >= 11 is 3.51. The van der Waals surface area contributed by atoms with Crippen molar-refractivity contribution in [2.75, 3.05) is 6.54 Å². The fraction of sp³-hybridized carbons (Fsp3) is 0.481. The van der Waals surface area contributed by atoms with Crippen molar-refractivity contribution in [1.29, 1.82) is 0 Å². The zero-order chi connectivity index (χ0) is 26.6. The van der Waals surface area contributed by atoms with E-state index in [2.05, 4.69) is 21.2 Å². The van der Waals surface area contributed by atoms with Gasteiger partial charge in [-0.15, -0.1) is 0 Å². The molecule has 0 fully saturated rings. The molecule has 1 aliphatic rings. The summed E-state index contributed by atoms with van der Waals surface area (Å²) in [5, 5.41) is 13.9. The molecular weight excluding hydrogens is 534 g/mol. The first-order chi connectivity index (χ1) is 16.8. The maximum atomic E-state index is 13.8. The summed E-state index contributed by atoms with van der Waals surface area (Å²) in [4.78, 5) is 26.8. The van der Waals surface area contributed by atoms with E-state index >= 15 is 0 Å². The molecule has 0 bridgehead atoms. The standard InChI is InChI=1S/C27H33BrF2N2O4/c1-16(33)31-23(12-17-10-20(29)14-21(30)11-17)25(34)15-32(26(35)36-27(2,3)4)24-7-5-6-18-8-9-19(28)13-22(18)24/h8-11,13-14,23-25,34H,5-7,12,15H2,1-4H3,(H,31,33)/t23-,24?,25?/m0/s1. The number of ether oxygens (including phenoxy) is 1. The van der Waals surface area contributed by atoms with Gasteiger partial charge in [0.05, 0.1) is 24.7 Å². The van der Waals surface area contributed by atoms with Gasteiger partial charge in [-0.2, -0.15) is 0 Å². The second-order valence-corrected chi connectivity index (χ2v) is 11.2. The monoisotopic (exact) mass is 566 g/mol. The molecule has 0 spiro atoms. The number of hydrogen-bond acceptors (Lipinski definition) is 4. The van der Waals surface area contributed by atoms with Crippen molar-refractivity contribution >= 4 is 27.9 Å². The van der Waals surface area contributed by atoms with Gasteiger partial charge in [0.1, 0.15) is 17.2 Å². The number of nitrogens with zero attached hydrogens (tertiary/aromatic N) is 1. The topological polar surface area (TPSA) is 78.9 Å². The highest BCUT2D eigenvalue weighted by molar-refractivity contribution is 9.10. The van der Waals surface area contributed by atoms with E-state index in [-0.39, 0.29) is 24.6 Å². The van der Waals surface area contributed by atoms with Crippen LogP contribution in [0, 0.1) is 11.6 Å². The Kier molecular flexibility index (Phi) is 9.11. The Morgan fingerprint density at radius 3 is 2.47 bits per heavy atom. The van der Waals surface area contributed by atoms with Gasteiger partial charge >= 0.3 is 6.09 Å². The Morgan fingerprint density at radius 2 is 1.86 bits per heavy atom. The fourth-order valence-electron chi connectivity index (χ4n) is 4.57. The molecule has 0 aliphatic heterocycles. The van der Waals surface area contributed by atoms with Crippen molar-refractivity contribution < 1.29 is 28.2 Å². The molecule has 2 aromatic carbocycles. The third-order valence-electron chi connectivity index (χ3n) is 6.01. The average Bonchev–Trinajstić information content (AvgIpc) is 2.74. The molecule has 196 valence electrons. The third-order valence-corrected chi connectivity index (χ3v) is 6.50. The molecule has 1 aliphatic carbocycles. The van der Waals surface area contributed by atoms with Crippen LogP contribution in [0.2, 0.25) is 0 Å². The van der Waals surface area contributed by atoms with Crippen LogP contribution in [-0.4, -0.2) is 46.3 Å². The third kappa shape index (κ3) is 7.74. The molecule has 2 N–H and O–H groups in total. The number of halogens is 3. The molecule has 2 aromatic rings. The predicted molar refractivity (Wildman–Crippen MR) is 136 cm³/mol. The number of benzene rings is 2. The minimum Gasteiger partial charge on any atom is -0.444 e. The maximum absolute atomic E-state index is 13.8. The van der Waals surface area contributed by atoms with Gasteiger partial charge in [-0.25, -0.2) is 13.6 Å². The number of amides is 2. The Bertz CT molecular complexity index is 1090. The number of aliphatic hydroxyl groups excluding tert-OH is 1. The minimum atomic E-state index is -1.23. The van der Waals surface area contributed by atoms with E-state index in [1.54, 1.807) is 20.8 Å². The van der Waals surface area contributed by atoms with Crippen LogP contribution >= 0.6 is 15.9 Å². The lowest BCUT2D eigenvalue weighted by atomic mass is 9.86. The number of carbonyl (C=O) groups is 2. The first-order valence-corrected chi connectivity index (χ1v) is 12.8. The maximum Gasteiger partial charge on any atom is 0.410 e. The highest BCUT2D eigenvalue weighted by atomic mass is 79.9. The molecule has 2 unspecified atom stereocenters. The Morgan fingerprint density at radius 1 is 1.19 bits per heavy atom. The first-order valence-electron chi connectivity index (χ1n) is 12.0. The molecule has 0 saturated carbocycles. The van der Waals surface area contributed by atoms with Crippen molar-refractivity contribution in [2.45, 2.75) is 77.2 Å². The van der Waals surface area contributed by atoms with Gasteiger partial charge in [0, 0.05) is 17.5 Å². The Balaban J connectivity index is 1.93. The van der Waals surface area contributed by atoms with Gasteiger partial charge in [-0.05, 0) is 87.4 Å². The van der Waals surface area contributed by atoms with Crippen molar-refractivity contribution in [1.82, 2.24) is 10.2 Å². The number of aliphatic hydroxyl groups is 1. The Labute approximate surface area is 219 Å². The lowest BCUT2D eigenvalue weighted by Crippen LogP contribution is -2.51. The highest BCUT2D eigenvalue weighted by Gasteiger charge is 2.35. The van der Waals surface area contributed by atoms with Crippen LogP contribution in [0.3, 0.4) is 0 Å². The molecule has 6 nitrogen and oxygen atoms in total. The number of rotatable bonds is 7. The van der Waals surface area contributed by atoms with Crippen LogP contribution in [0.4, 0.5) is 13.6 Å². The quantitative estimate of drug-likeness (QED) is 0.467. The van der Waals surface area contributed by atoms with Crippen LogP contribution in [0.5, 0.6) is 0 Å². The molecule has 0 radical (unpaired) electrons. The summed E-state index contributed by atoms with van der Waals surface area (Å²) in [6.45, 7) is 6.46. The smallest absolute Gasteiger partial charge is 0.410 e. The molecule has 0 heterocycles. The van der Waals surface area contributed by atoms with Gasteiger partial charge in [0.2, 0.25) is 5.91 Å². The van der Waals surface area contributed by atoms with E-state index in [4.69, 9.17) is 4.74 Å². The lowest BCUT2D eigenvalue weighted by Gasteiger charge is -2.39. The normalized spacial score (nSPS) is 17.1. The van der Waals surface area contributed by atoms with E-state index in [0.29, 0.717) is 6.42 Å². The Hall–Kier alpha value is -2.52. The number of aryl methyl sites for hydroxylation is 1. The number of hydrogen-bond donors (Lipinski definition) is 2. The summed E-state index contributed by atoms with van der Waals surface area (Å²) in [6, 6.07) is 7.79. The first kappa shape index (κ1) is 28.1. The van der Waals surface area contributed by atoms with Crippen molar-refractivity contribution in [3.63, 3.8) is 0 Å². The van der Waals surface area contributed by atoms with E-state index in [1.165, 1.54) is 11.8 Å². The van der Waals surface area contributed by atoms with Gasteiger partial charge in [0.15, 0.2) is 0 Å². The van der Waals surface area contributed by atoms with Gasteiger partial charge in [-0.3, -0.25) is 9.69 Å². The van der Waals surface area contributed by atoms with Gasteiger partial charge in [-0.1, -0.05) is 22.0 Å². The molecular formula is C27H33BrF2N2O4. The molecule has 0 aromatic heterocycles. The number of nitrogens with one attached hydrogen (secondary N) is 1. The summed E-state index contributed by atoms with van der Waals surface area (Å²) in [5.41, 5.74) is 1.61. The number of fused-ring (bicyclic) bond motifs is 1. The lowest BCUT2D eigenvalue weighted by molar-refractivity contribution is -0.120. The van der Waals surface area contributed by atoms with Crippen LogP contribution in [0.15, 0.2) is 40.9 Å². The van der Waals surface area contributed by atoms with Crippen LogP contribution < -0.4 is 5.32 Å². The fourth-order valence-corrected chi connectivity index (χ4v) is 4.95. The SMILES string of the molecule is CC(=O)N[C@@H](Cc1cc(F)cc(F)c1)C(O)CN(C(=O)OC(C)(C)C)C1CCCc2ccc(Br)cc21. The zero-order valence-corrected chi connectivity index (χ0v) is 22.6. The van der Waals surface area contributed by atoms with Crippen molar-refractivity contribution in [3.8, 4) is 0 Å². The van der Waals surface area contributed by atoms with Crippen LogP contribution in [-0.2, 0) is 22.4 Å². The van der Waals surface area contributed by atoms with Crippen LogP contribution in [0.1, 0.15) is 63.3 Å². The molecule has 2 amide bonds.